The molecule has 1 aliphatic rings. The second-order valence-corrected chi connectivity index (χ2v) is 13.6. The van der Waals surface area contributed by atoms with Crippen molar-refractivity contribution in [2.24, 2.45) is 0 Å². The monoisotopic (exact) mass is 827 g/mol. The molecule has 0 radical (unpaired) electrons. The Morgan fingerprint density at radius 3 is 0.881 bits per heavy atom. The van der Waals surface area contributed by atoms with Crippen LogP contribution in [0.5, 0.6) is 0 Å². The van der Waals surface area contributed by atoms with Gasteiger partial charge in [-0.15, -0.1) is 0 Å². The summed E-state index contributed by atoms with van der Waals surface area (Å²) in [5.74, 6) is 0. The Morgan fingerprint density at radius 1 is 0.339 bits per heavy atom. The SMILES string of the molecule is c1ccc(C(OCCOCCOCCOCCOCCOCCOCCOCCOCCOCCOCCOC2CCNCC2)(c2ccccc2)c2ccccc2)cc1. The van der Waals surface area contributed by atoms with Crippen molar-refractivity contribution in [2.45, 2.75) is 24.5 Å². The van der Waals surface area contributed by atoms with E-state index in [4.69, 9.17) is 56.8 Å². The van der Waals surface area contributed by atoms with Crippen molar-refractivity contribution < 1.29 is 56.8 Å². The molecular formula is C46H69NO12. The van der Waals surface area contributed by atoms with Gasteiger partial charge in [0.2, 0.25) is 0 Å². The quantitative estimate of drug-likeness (QED) is 0.0622. The highest BCUT2D eigenvalue weighted by molar-refractivity contribution is 5.47. The molecule has 1 saturated heterocycles. The van der Waals surface area contributed by atoms with E-state index in [1.165, 1.54) is 0 Å². The first kappa shape index (κ1) is 48.8. The van der Waals surface area contributed by atoms with Gasteiger partial charge < -0.3 is 62.2 Å². The highest BCUT2D eigenvalue weighted by atomic mass is 16.6. The van der Waals surface area contributed by atoms with Crippen LogP contribution in [-0.2, 0) is 62.4 Å². The molecule has 3 aromatic rings. The molecule has 13 heteroatoms. The molecule has 4 rings (SSSR count). The number of ether oxygens (including phenoxy) is 12. The number of hydrogen-bond donors (Lipinski definition) is 1. The third-order valence-corrected chi connectivity index (χ3v) is 9.30. The standard InChI is InChI=1S/C46H69NO12/c1-4-10-42(11-5-1)46(43-12-6-2-7-13-43,44-14-8-3-9-15-44)59-41-39-57-37-35-55-33-31-53-29-27-51-25-23-49-21-20-48-22-24-50-26-28-52-30-32-54-34-36-56-38-40-58-45-16-18-47-19-17-45/h1-15,45,47H,16-41H2. The molecule has 3 aromatic carbocycles. The molecular weight excluding hydrogens is 759 g/mol. The molecule has 0 bridgehead atoms. The summed E-state index contributed by atoms with van der Waals surface area (Å²) in [6.45, 7) is 13.3. The third kappa shape index (κ3) is 21.5. The van der Waals surface area contributed by atoms with Crippen LogP contribution in [0.2, 0.25) is 0 Å². The maximum atomic E-state index is 6.74. The van der Waals surface area contributed by atoms with Crippen LogP contribution < -0.4 is 5.32 Å². The van der Waals surface area contributed by atoms with Crippen LogP contribution in [-0.4, -0.2) is 165 Å². The van der Waals surface area contributed by atoms with E-state index in [2.05, 4.69) is 41.7 Å². The average molecular weight is 828 g/mol. The molecule has 0 unspecified atom stereocenters. The minimum absolute atomic E-state index is 0.367. The summed E-state index contributed by atoms with van der Waals surface area (Å²) in [5, 5.41) is 3.33. The fourth-order valence-corrected chi connectivity index (χ4v) is 6.34. The molecule has 0 spiro atoms. The van der Waals surface area contributed by atoms with Gasteiger partial charge in [0.25, 0.3) is 0 Å². The number of hydrogen-bond acceptors (Lipinski definition) is 13. The first-order chi connectivity index (χ1) is 29.4. The van der Waals surface area contributed by atoms with E-state index in [1.807, 2.05) is 54.6 Å². The van der Waals surface area contributed by atoms with E-state index in [9.17, 15) is 0 Å². The van der Waals surface area contributed by atoms with Crippen LogP contribution in [0.4, 0.5) is 0 Å². The van der Waals surface area contributed by atoms with E-state index >= 15 is 0 Å². The fourth-order valence-electron chi connectivity index (χ4n) is 6.34. The van der Waals surface area contributed by atoms with Gasteiger partial charge in [-0.2, -0.15) is 0 Å². The smallest absolute Gasteiger partial charge is 0.143 e. The second-order valence-electron chi connectivity index (χ2n) is 13.6. The van der Waals surface area contributed by atoms with Crippen LogP contribution in [0.1, 0.15) is 29.5 Å². The molecule has 0 atom stereocenters. The minimum Gasteiger partial charge on any atom is -0.377 e. The van der Waals surface area contributed by atoms with Crippen molar-refractivity contribution in [3.05, 3.63) is 108 Å². The minimum atomic E-state index is -0.752. The molecule has 0 aliphatic carbocycles. The molecule has 1 N–H and O–H groups in total. The Kier molecular flexibility index (Phi) is 28.0. The van der Waals surface area contributed by atoms with Crippen molar-refractivity contribution in [3.8, 4) is 0 Å². The highest BCUT2D eigenvalue weighted by Crippen LogP contribution is 2.40. The molecule has 59 heavy (non-hydrogen) atoms. The van der Waals surface area contributed by atoms with Gasteiger partial charge in [-0.3, -0.25) is 0 Å². The lowest BCUT2D eigenvalue weighted by Crippen LogP contribution is -2.34. The van der Waals surface area contributed by atoms with Crippen molar-refractivity contribution in [1.82, 2.24) is 5.32 Å². The number of benzene rings is 3. The first-order valence-electron chi connectivity index (χ1n) is 21.3. The van der Waals surface area contributed by atoms with Crippen LogP contribution in [0, 0.1) is 0 Å². The summed E-state index contributed by atoms with van der Waals surface area (Å²) in [4.78, 5) is 0. The number of nitrogens with one attached hydrogen (secondary N) is 1. The van der Waals surface area contributed by atoms with Gasteiger partial charge in [-0.25, -0.2) is 0 Å². The highest BCUT2D eigenvalue weighted by Gasteiger charge is 2.37. The topological polar surface area (TPSA) is 123 Å². The third-order valence-electron chi connectivity index (χ3n) is 9.30. The van der Waals surface area contributed by atoms with Gasteiger partial charge >= 0.3 is 0 Å². The molecule has 0 saturated carbocycles. The number of piperidine rings is 1. The zero-order chi connectivity index (χ0) is 41.0. The Labute approximate surface area is 352 Å². The Bertz CT molecular complexity index is 1260. The Morgan fingerprint density at radius 2 is 0.593 bits per heavy atom. The number of rotatable bonds is 38. The van der Waals surface area contributed by atoms with E-state index < -0.39 is 5.60 Å². The summed E-state index contributed by atoms with van der Waals surface area (Å²) >= 11 is 0. The van der Waals surface area contributed by atoms with Gasteiger partial charge in [0.15, 0.2) is 0 Å². The van der Waals surface area contributed by atoms with Gasteiger partial charge in [0.1, 0.15) is 5.60 Å². The van der Waals surface area contributed by atoms with E-state index in [1.54, 1.807) is 0 Å². The largest absolute Gasteiger partial charge is 0.377 e. The van der Waals surface area contributed by atoms with Crippen molar-refractivity contribution in [2.75, 3.05) is 158 Å². The summed E-state index contributed by atoms with van der Waals surface area (Å²) in [5.41, 5.74) is 2.45. The lowest BCUT2D eigenvalue weighted by atomic mass is 9.80. The second kappa shape index (κ2) is 33.8. The van der Waals surface area contributed by atoms with Gasteiger partial charge in [-0.05, 0) is 42.6 Å². The van der Waals surface area contributed by atoms with Crippen LogP contribution >= 0.6 is 0 Å². The normalized spacial score (nSPS) is 13.6. The zero-order valence-electron chi connectivity index (χ0n) is 35.0. The van der Waals surface area contributed by atoms with Gasteiger partial charge in [-0.1, -0.05) is 91.0 Å². The van der Waals surface area contributed by atoms with Gasteiger partial charge in [0, 0.05) is 0 Å². The molecule has 0 amide bonds. The van der Waals surface area contributed by atoms with Crippen LogP contribution in [0.3, 0.4) is 0 Å². The lowest BCUT2D eigenvalue weighted by Gasteiger charge is -2.36. The molecule has 1 heterocycles. The van der Waals surface area contributed by atoms with E-state index in [0.29, 0.717) is 151 Å². The first-order valence-corrected chi connectivity index (χ1v) is 21.3. The maximum absolute atomic E-state index is 6.74. The van der Waals surface area contributed by atoms with Crippen LogP contribution in [0.15, 0.2) is 91.0 Å². The van der Waals surface area contributed by atoms with Crippen LogP contribution in [0.25, 0.3) is 0 Å². The predicted molar refractivity (Wildman–Crippen MR) is 225 cm³/mol. The molecule has 1 aliphatic heterocycles. The summed E-state index contributed by atoms with van der Waals surface area (Å²) in [7, 11) is 0. The molecule has 0 aromatic heterocycles. The molecule has 1 fully saturated rings. The molecule has 330 valence electrons. The van der Waals surface area contributed by atoms with E-state index in [0.717, 1.165) is 42.6 Å². The maximum Gasteiger partial charge on any atom is 0.143 e. The summed E-state index contributed by atoms with van der Waals surface area (Å²) in [6, 6.07) is 31.0. The Hall–Kier alpha value is -2.86. The fraction of sp³-hybridized carbons (Fsp3) is 0.609. The summed E-state index contributed by atoms with van der Waals surface area (Å²) < 4.78 is 68.4. The van der Waals surface area contributed by atoms with Crippen molar-refractivity contribution in [1.29, 1.82) is 0 Å². The summed E-state index contributed by atoms with van der Waals surface area (Å²) in [6.07, 6.45) is 2.52. The van der Waals surface area contributed by atoms with Crippen molar-refractivity contribution >= 4 is 0 Å². The van der Waals surface area contributed by atoms with E-state index in [-0.39, 0.29) is 0 Å². The lowest BCUT2D eigenvalue weighted by molar-refractivity contribution is -0.0400. The Balaban J connectivity index is 0.843. The average Bonchev–Trinajstić information content (AvgIpc) is 3.29. The molecule has 13 nitrogen and oxygen atoms in total. The zero-order valence-corrected chi connectivity index (χ0v) is 35.0. The van der Waals surface area contributed by atoms with Crippen molar-refractivity contribution in [3.63, 3.8) is 0 Å². The van der Waals surface area contributed by atoms with Gasteiger partial charge in [0.05, 0.1) is 151 Å². The predicted octanol–water partition coefficient (Wildman–Crippen LogP) is 4.93.